The maximum absolute atomic E-state index is 12.7. The molecule has 1 aromatic rings. The predicted molar refractivity (Wildman–Crippen MR) is 64.4 cm³/mol. The molecule has 18 heavy (non-hydrogen) atoms. The van der Waals surface area contributed by atoms with Crippen molar-refractivity contribution in [3.63, 3.8) is 0 Å². The lowest BCUT2D eigenvalue weighted by molar-refractivity contribution is -0.0236. The number of methoxy groups -OCH3 is 1. The van der Waals surface area contributed by atoms with Gasteiger partial charge in [0.1, 0.15) is 0 Å². The van der Waals surface area contributed by atoms with Crippen LogP contribution in [-0.2, 0) is 14.2 Å². The van der Waals surface area contributed by atoms with E-state index in [9.17, 15) is 8.78 Å². The van der Waals surface area contributed by atoms with E-state index < -0.39 is 11.8 Å². The predicted octanol–water partition coefficient (Wildman–Crippen LogP) is 3.54. The number of ether oxygens (including phenoxy) is 3. The first-order valence-electron chi connectivity index (χ1n) is 5.16. The van der Waals surface area contributed by atoms with Gasteiger partial charge in [0.05, 0.1) is 13.2 Å². The first-order valence-corrected chi connectivity index (χ1v) is 5.53. The Morgan fingerprint density at radius 2 is 1.83 bits per heavy atom. The average molecular weight is 279 g/mol. The molecule has 0 bridgehead atoms. The third kappa shape index (κ3) is 5.00. The lowest BCUT2D eigenvalue weighted by atomic mass is 10.2. The number of hydrogen-bond donors (Lipinski definition) is 0. The van der Waals surface area contributed by atoms with Gasteiger partial charge in [-0.1, -0.05) is 11.6 Å². The summed E-state index contributed by atoms with van der Waals surface area (Å²) in [6, 6.07) is 5.92. The summed E-state index contributed by atoms with van der Waals surface area (Å²) in [5.74, 6) is -0.510. The van der Waals surface area contributed by atoms with Crippen molar-refractivity contribution in [2.75, 3.05) is 27.1 Å². The van der Waals surface area contributed by atoms with Crippen molar-refractivity contribution in [2.24, 2.45) is 0 Å². The van der Waals surface area contributed by atoms with Gasteiger partial charge in [-0.05, 0) is 24.3 Å². The Balaban J connectivity index is 2.57. The first kappa shape index (κ1) is 14.9. The molecule has 3 nitrogen and oxygen atoms in total. The van der Waals surface area contributed by atoms with Crippen LogP contribution in [0.15, 0.2) is 30.3 Å². The summed E-state index contributed by atoms with van der Waals surface area (Å²) < 4.78 is 40.0. The maximum Gasteiger partial charge on any atom is 0.312 e. The zero-order valence-electron chi connectivity index (χ0n) is 9.79. The van der Waals surface area contributed by atoms with Gasteiger partial charge in [0.2, 0.25) is 0 Å². The highest BCUT2D eigenvalue weighted by atomic mass is 35.5. The molecule has 0 heterocycles. The summed E-state index contributed by atoms with van der Waals surface area (Å²) in [6.07, 6.45) is -1.91. The average Bonchev–Trinajstić information content (AvgIpc) is 2.35. The van der Waals surface area contributed by atoms with E-state index >= 15 is 0 Å². The zero-order valence-corrected chi connectivity index (χ0v) is 10.5. The van der Waals surface area contributed by atoms with Crippen molar-refractivity contribution >= 4 is 17.4 Å². The van der Waals surface area contributed by atoms with Crippen molar-refractivity contribution < 1.29 is 23.0 Å². The van der Waals surface area contributed by atoms with E-state index in [1.54, 1.807) is 0 Å². The van der Waals surface area contributed by atoms with E-state index in [0.29, 0.717) is 11.6 Å². The summed E-state index contributed by atoms with van der Waals surface area (Å²) >= 11 is 5.67. The zero-order chi connectivity index (χ0) is 13.4. The Bertz CT molecular complexity index is 389. The minimum atomic E-state index is -1.91. The van der Waals surface area contributed by atoms with Gasteiger partial charge in [-0.3, -0.25) is 0 Å². The molecule has 0 aliphatic heterocycles. The molecule has 0 atom stereocenters. The third-order valence-electron chi connectivity index (χ3n) is 2.00. The van der Waals surface area contributed by atoms with Crippen molar-refractivity contribution in [3.05, 3.63) is 40.9 Å². The Hall–Kier alpha value is -1.17. The molecule has 0 unspecified atom stereocenters. The smallest absolute Gasteiger partial charge is 0.312 e. The summed E-state index contributed by atoms with van der Waals surface area (Å²) in [6.45, 7) is 0.387. The van der Waals surface area contributed by atoms with E-state index in [1.165, 1.54) is 31.4 Å². The Kier molecular flexibility index (Phi) is 6.64. The third-order valence-corrected chi connectivity index (χ3v) is 2.25. The molecule has 0 amide bonds. The van der Waals surface area contributed by atoms with Crippen molar-refractivity contribution in [1.82, 2.24) is 0 Å². The molecule has 0 spiro atoms. The molecule has 0 saturated carbocycles. The van der Waals surface area contributed by atoms with Crippen molar-refractivity contribution in [3.8, 4) is 0 Å². The van der Waals surface area contributed by atoms with Crippen LogP contribution in [0.5, 0.6) is 0 Å². The summed E-state index contributed by atoms with van der Waals surface area (Å²) in [4.78, 5) is 0. The van der Waals surface area contributed by atoms with Crippen LogP contribution in [0.4, 0.5) is 8.78 Å². The molecule has 0 aliphatic rings. The molecule has 0 N–H and O–H groups in total. The Morgan fingerprint density at radius 3 is 2.39 bits per heavy atom. The molecule has 100 valence electrons. The summed E-state index contributed by atoms with van der Waals surface area (Å²) in [5, 5.41) is 0.466. The summed E-state index contributed by atoms with van der Waals surface area (Å²) in [5.41, 5.74) is 0.245. The van der Waals surface area contributed by atoms with E-state index in [-0.39, 0.29) is 19.0 Å². The van der Waals surface area contributed by atoms with E-state index in [2.05, 4.69) is 0 Å². The van der Waals surface area contributed by atoms with Gasteiger partial charge >= 0.3 is 6.08 Å². The standard InChI is InChI=1S/C12H13ClF2O3/c1-16-6-7-17-8-18-11(12(14)15)9-2-4-10(13)5-3-9/h2-5H,6-8H2,1H3. The fourth-order valence-electron chi connectivity index (χ4n) is 1.15. The lowest BCUT2D eigenvalue weighted by Crippen LogP contribution is -2.06. The number of benzene rings is 1. The lowest BCUT2D eigenvalue weighted by Gasteiger charge is -2.10. The molecule has 0 radical (unpaired) electrons. The van der Waals surface area contributed by atoms with Gasteiger partial charge in [0.15, 0.2) is 12.6 Å². The molecule has 0 aromatic heterocycles. The molecule has 6 heteroatoms. The van der Waals surface area contributed by atoms with Crippen molar-refractivity contribution in [2.45, 2.75) is 0 Å². The van der Waals surface area contributed by atoms with Crippen LogP contribution in [0.25, 0.3) is 5.76 Å². The van der Waals surface area contributed by atoms with E-state index in [4.69, 9.17) is 25.8 Å². The topological polar surface area (TPSA) is 27.7 Å². The van der Waals surface area contributed by atoms with Crippen LogP contribution in [0.1, 0.15) is 5.56 Å². The van der Waals surface area contributed by atoms with Gasteiger partial charge in [-0.2, -0.15) is 8.78 Å². The van der Waals surface area contributed by atoms with E-state index in [1.807, 2.05) is 0 Å². The molecule has 1 aromatic carbocycles. The van der Waals surface area contributed by atoms with Gasteiger partial charge in [0.25, 0.3) is 0 Å². The first-order chi connectivity index (χ1) is 8.65. The van der Waals surface area contributed by atoms with Gasteiger partial charge < -0.3 is 14.2 Å². The molecular formula is C12H13ClF2O3. The van der Waals surface area contributed by atoms with Crippen LogP contribution in [0.3, 0.4) is 0 Å². The van der Waals surface area contributed by atoms with Crippen molar-refractivity contribution in [1.29, 1.82) is 0 Å². The van der Waals surface area contributed by atoms with Gasteiger partial charge in [-0.15, -0.1) is 0 Å². The summed E-state index contributed by atoms with van der Waals surface area (Å²) in [7, 11) is 1.52. The molecule has 0 aliphatic carbocycles. The SMILES string of the molecule is COCCOCOC(=C(F)F)c1ccc(Cl)cc1. The largest absolute Gasteiger partial charge is 0.461 e. The number of hydrogen-bond acceptors (Lipinski definition) is 3. The number of halogens is 3. The normalized spacial score (nSPS) is 10.2. The highest BCUT2D eigenvalue weighted by Crippen LogP contribution is 2.23. The highest BCUT2D eigenvalue weighted by Gasteiger charge is 2.11. The quantitative estimate of drug-likeness (QED) is 0.434. The number of rotatable bonds is 7. The molecule has 0 fully saturated rings. The second-order valence-electron chi connectivity index (χ2n) is 3.26. The molecular weight excluding hydrogens is 266 g/mol. The maximum atomic E-state index is 12.7. The van der Waals surface area contributed by atoms with E-state index in [0.717, 1.165) is 0 Å². The fourth-order valence-corrected chi connectivity index (χ4v) is 1.28. The van der Waals surface area contributed by atoms with Crippen LogP contribution in [0, 0.1) is 0 Å². The Labute approximate surface area is 109 Å². The molecule has 0 saturated heterocycles. The molecule has 1 rings (SSSR count). The van der Waals surface area contributed by atoms with Crippen LogP contribution in [0.2, 0.25) is 5.02 Å². The van der Waals surface area contributed by atoms with Gasteiger partial charge in [-0.25, -0.2) is 0 Å². The van der Waals surface area contributed by atoms with Crippen LogP contribution < -0.4 is 0 Å². The van der Waals surface area contributed by atoms with Crippen LogP contribution in [-0.4, -0.2) is 27.1 Å². The second-order valence-corrected chi connectivity index (χ2v) is 3.70. The van der Waals surface area contributed by atoms with Crippen LogP contribution >= 0.6 is 11.6 Å². The second kappa shape index (κ2) is 8.02. The Morgan fingerprint density at radius 1 is 1.17 bits per heavy atom. The fraction of sp³-hybridized carbons (Fsp3) is 0.333. The minimum Gasteiger partial charge on any atom is -0.461 e. The minimum absolute atomic E-state index is 0.245. The highest BCUT2D eigenvalue weighted by molar-refractivity contribution is 6.30. The monoisotopic (exact) mass is 278 g/mol. The van der Waals surface area contributed by atoms with Gasteiger partial charge in [0, 0.05) is 17.7 Å².